The third-order valence-corrected chi connectivity index (χ3v) is 4.44. The van der Waals surface area contributed by atoms with Crippen LogP contribution in [0.2, 0.25) is 0 Å². The van der Waals surface area contributed by atoms with Crippen molar-refractivity contribution in [3.63, 3.8) is 0 Å². The van der Waals surface area contributed by atoms with E-state index < -0.39 is 55.0 Å². The zero-order chi connectivity index (χ0) is 24.8. The summed E-state index contributed by atoms with van der Waals surface area (Å²) in [6.07, 6.45) is 0.673. The van der Waals surface area contributed by atoms with Crippen LogP contribution in [0.4, 0.5) is 0 Å². The van der Waals surface area contributed by atoms with Crippen LogP contribution in [0.15, 0.2) is 35.3 Å². The molecule has 0 saturated heterocycles. The Morgan fingerprint density at radius 3 is 2.18 bits per heavy atom. The third kappa shape index (κ3) is 10.9. The average Bonchev–Trinajstić information content (AvgIpc) is 2.77. The lowest BCUT2D eigenvalue weighted by atomic mass is 10.0. The Hall–Kier alpha value is -3.71. The number of benzene rings is 1. The molecule has 0 fully saturated rings. The van der Waals surface area contributed by atoms with E-state index in [2.05, 4.69) is 20.9 Å². The molecule has 0 radical (unpaired) electrons. The number of aliphatic carboxylic acids is 1. The van der Waals surface area contributed by atoms with E-state index in [0.29, 0.717) is 6.42 Å². The average molecular weight is 466 g/mol. The summed E-state index contributed by atoms with van der Waals surface area (Å²) in [7, 11) is 0. The summed E-state index contributed by atoms with van der Waals surface area (Å²) in [5.74, 6) is -3.65. The van der Waals surface area contributed by atoms with E-state index in [4.69, 9.17) is 22.3 Å². The van der Waals surface area contributed by atoms with Crippen molar-refractivity contribution in [1.82, 2.24) is 16.0 Å². The Balaban J connectivity index is 2.82. The molecule has 0 aliphatic rings. The molecular formula is C20H31N7O6. The van der Waals surface area contributed by atoms with Gasteiger partial charge in [0, 0.05) is 6.54 Å². The van der Waals surface area contributed by atoms with E-state index in [1.807, 2.05) is 30.3 Å². The minimum Gasteiger partial charge on any atom is -0.480 e. The highest BCUT2D eigenvalue weighted by Crippen LogP contribution is 2.04. The van der Waals surface area contributed by atoms with Gasteiger partial charge in [-0.3, -0.25) is 24.2 Å². The van der Waals surface area contributed by atoms with Gasteiger partial charge in [-0.25, -0.2) is 0 Å². The van der Waals surface area contributed by atoms with Gasteiger partial charge in [-0.15, -0.1) is 0 Å². The molecule has 182 valence electrons. The van der Waals surface area contributed by atoms with Crippen LogP contribution < -0.4 is 33.2 Å². The largest absolute Gasteiger partial charge is 0.480 e. The van der Waals surface area contributed by atoms with Crippen molar-refractivity contribution in [3.8, 4) is 0 Å². The lowest BCUT2D eigenvalue weighted by Gasteiger charge is -2.23. The first-order valence-corrected chi connectivity index (χ1v) is 10.2. The molecule has 1 aromatic rings. The van der Waals surface area contributed by atoms with Crippen LogP contribution in [-0.2, 0) is 25.6 Å². The van der Waals surface area contributed by atoms with E-state index in [9.17, 15) is 24.3 Å². The summed E-state index contributed by atoms with van der Waals surface area (Å²) in [5, 5.41) is 25.0. The Morgan fingerprint density at radius 2 is 1.61 bits per heavy atom. The number of carboxylic acid groups (broad SMARTS) is 1. The molecule has 11 N–H and O–H groups in total. The van der Waals surface area contributed by atoms with Crippen molar-refractivity contribution in [2.75, 3.05) is 19.7 Å². The van der Waals surface area contributed by atoms with Gasteiger partial charge in [0.05, 0.1) is 12.6 Å². The quantitative estimate of drug-likeness (QED) is 0.0782. The van der Waals surface area contributed by atoms with Gasteiger partial charge < -0.3 is 43.4 Å². The molecule has 0 bridgehead atoms. The van der Waals surface area contributed by atoms with E-state index in [1.54, 1.807) is 0 Å². The Labute approximate surface area is 190 Å². The number of hydrogen-bond donors (Lipinski definition) is 8. The highest BCUT2D eigenvalue weighted by molar-refractivity contribution is 5.93. The maximum absolute atomic E-state index is 12.7. The number of amides is 3. The summed E-state index contributed by atoms with van der Waals surface area (Å²) in [5.41, 5.74) is 17.4. The number of aliphatic hydroxyl groups is 1. The zero-order valence-corrected chi connectivity index (χ0v) is 18.1. The molecule has 3 unspecified atom stereocenters. The van der Waals surface area contributed by atoms with Crippen molar-refractivity contribution in [3.05, 3.63) is 35.9 Å². The van der Waals surface area contributed by atoms with Gasteiger partial charge in [-0.2, -0.15) is 0 Å². The molecular weight excluding hydrogens is 434 g/mol. The minimum absolute atomic E-state index is 0.112. The second-order valence-electron chi connectivity index (χ2n) is 7.16. The van der Waals surface area contributed by atoms with Crippen LogP contribution in [0.5, 0.6) is 0 Å². The van der Waals surface area contributed by atoms with Gasteiger partial charge in [0.25, 0.3) is 0 Å². The molecule has 1 aromatic carbocycles. The predicted molar refractivity (Wildman–Crippen MR) is 120 cm³/mol. The van der Waals surface area contributed by atoms with Crippen LogP contribution in [0.1, 0.15) is 18.4 Å². The third-order valence-electron chi connectivity index (χ3n) is 4.44. The van der Waals surface area contributed by atoms with Crippen molar-refractivity contribution >= 4 is 29.7 Å². The van der Waals surface area contributed by atoms with Crippen molar-refractivity contribution in [2.24, 2.45) is 22.2 Å². The first kappa shape index (κ1) is 27.3. The normalized spacial score (nSPS) is 13.2. The van der Waals surface area contributed by atoms with Gasteiger partial charge >= 0.3 is 5.97 Å². The number of nitrogens with zero attached hydrogens (tertiary/aromatic N) is 1. The Kier molecular flexibility index (Phi) is 11.9. The number of aliphatic imine (C=N–C) groups is 1. The first-order valence-electron chi connectivity index (χ1n) is 10.2. The molecule has 0 saturated carbocycles. The maximum Gasteiger partial charge on any atom is 0.322 e. The number of carboxylic acids is 1. The molecule has 0 heterocycles. The lowest BCUT2D eigenvalue weighted by molar-refractivity contribution is -0.139. The molecule has 3 atom stereocenters. The van der Waals surface area contributed by atoms with E-state index in [1.165, 1.54) is 0 Å². The highest BCUT2D eigenvalue weighted by atomic mass is 16.4. The van der Waals surface area contributed by atoms with E-state index in [0.717, 1.165) is 5.56 Å². The minimum atomic E-state index is -1.41. The van der Waals surface area contributed by atoms with Crippen LogP contribution in [0.25, 0.3) is 0 Å². The van der Waals surface area contributed by atoms with Gasteiger partial charge in [0.1, 0.15) is 18.6 Å². The second kappa shape index (κ2) is 14.4. The number of rotatable bonds is 14. The number of nitrogens with one attached hydrogen (secondary N) is 3. The number of guanidine groups is 1. The Bertz CT molecular complexity index is 829. The van der Waals surface area contributed by atoms with E-state index >= 15 is 0 Å². The van der Waals surface area contributed by atoms with Crippen LogP contribution in [0, 0.1) is 0 Å². The summed E-state index contributed by atoms with van der Waals surface area (Å²) < 4.78 is 0. The monoisotopic (exact) mass is 465 g/mol. The molecule has 0 aromatic heterocycles. The van der Waals surface area contributed by atoms with Gasteiger partial charge in [-0.1, -0.05) is 30.3 Å². The molecule has 1 rings (SSSR count). The molecule has 0 aliphatic heterocycles. The number of nitrogens with two attached hydrogens (primary N) is 3. The van der Waals surface area contributed by atoms with Crippen molar-refractivity contribution in [2.45, 2.75) is 37.4 Å². The smallest absolute Gasteiger partial charge is 0.322 e. The number of aliphatic hydroxyl groups excluding tert-OH is 1. The second-order valence-corrected chi connectivity index (χ2v) is 7.16. The van der Waals surface area contributed by atoms with Crippen molar-refractivity contribution in [1.29, 1.82) is 0 Å². The molecule has 33 heavy (non-hydrogen) atoms. The van der Waals surface area contributed by atoms with E-state index in [-0.39, 0.29) is 25.3 Å². The fraction of sp³-hybridized carbons (Fsp3) is 0.450. The van der Waals surface area contributed by atoms with Crippen LogP contribution >= 0.6 is 0 Å². The standard InChI is InChI=1S/C20H31N7O6/c21-13(9-12-5-2-1-3-6-12)17(31)26-14(7-4-8-24-20(22)23)19(33)27-15(11-28)18(32)25-10-16(29)30/h1-3,5-6,13-15,28H,4,7-11,21H2,(H,25,32)(H,26,31)(H,27,33)(H,29,30)(H4,22,23,24). The van der Waals surface area contributed by atoms with Crippen LogP contribution in [0.3, 0.4) is 0 Å². The van der Waals surface area contributed by atoms with Crippen LogP contribution in [-0.4, -0.2) is 77.7 Å². The summed E-state index contributed by atoms with van der Waals surface area (Å²) in [4.78, 5) is 51.8. The predicted octanol–water partition coefficient (Wildman–Crippen LogP) is -3.23. The number of carbonyl (C=O) groups is 4. The topological polar surface area (TPSA) is 235 Å². The van der Waals surface area contributed by atoms with Crippen molar-refractivity contribution < 1.29 is 29.4 Å². The first-order chi connectivity index (χ1) is 15.6. The van der Waals surface area contributed by atoms with Gasteiger partial charge in [0.15, 0.2) is 5.96 Å². The Morgan fingerprint density at radius 1 is 0.970 bits per heavy atom. The molecule has 13 heteroatoms. The highest BCUT2D eigenvalue weighted by Gasteiger charge is 2.27. The van der Waals surface area contributed by atoms with Gasteiger partial charge in [0.2, 0.25) is 17.7 Å². The fourth-order valence-corrected chi connectivity index (χ4v) is 2.76. The molecule has 3 amide bonds. The zero-order valence-electron chi connectivity index (χ0n) is 18.1. The maximum atomic E-state index is 12.7. The molecule has 13 nitrogen and oxygen atoms in total. The fourth-order valence-electron chi connectivity index (χ4n) is 2.76. The molecule has 0 spiro atoms. The SMILES string of the molecule is NC(N)=NCCCC(NC(=O)C(N)Cc1ccccc1)C(=O)NC(CO)C(=O)NCC(=O)O. The number of hydrogen-bond acceptors (Lipinski definition) is 7. The summed E-state index contributed by atoms with van der Waals surface area (Å²) >= 11 is 0. The number of carbonyl (C=O) groups excluding carboxylic acids is 3. The lowest BCUT2D eigenvalue weighted by Crippen LogP contribution is -2.57. The summed E-state index contributed by atoms with van der Waals surface area (Å²) in [6.45, 7) is -1.27. The molecule has 0 aliphatic carbocycles. The van der Waals surface area contributed by atoms with Gasteiger partial charge in [-0.05, 0) is 24.8 Å². The summed E-state index contributed by atoms with van der Waals surface area (Å²) in [6, 6.07) is 5.63.